The maximum atomic E-state index is 12.3. The van der Waals surface area contributed by atoms with Gasteiger partial charge in [-0.05, 0) is 42.5 Å². The molecule has 0 aliphatic rings. The van der Waals surface area contributed by atoms with Gasteiger partial charge in [-0.1, -0.05) is 17.4 Å². The summed E-state index contributed by atoms with van der Waals surface area (Å²) in [5.41, 5.74) is 0.679. The third kappa shape index (κ3) is 4.74. The van der Waals surface area contributed by atoms with Crippen LogP contribution in [-0.4, -0.2) is 30.3 Å². The van der Waals surface area contributed by atoms with Gasteiger partial charge in [0.15, 0.2) is 0 Å². The van der Waals surface area contributed by atoms with Crippen LogP contribution >= 0.6 is 23.1 Å². The lowest BCUT2D eigenvalue weighted by Gasteiger charge is -2.04. The number of ether oxygens (including phenoxy) is 2. The highest BCUT2D eigenvalue weighted by atomic mass is 32.2. The molecule has 0 radical (unpaired) electrons. The number of nitrogens with one attached hydrogen (secondary N) is 1. The Morgan fingerprint density at radius 2 is 1.85 bits per heavy atom. The van der Waals surface area contributed by atoms with Gasteiger partial charge in [-0.15, -0.1) is 22.0 Å². The van der Waals surface area contributed by atoms with E-state index in [-0.39, 0.29) is 5.91 Å². The van der Waals surface area contributed by atoms with Crippen LogP contribution in [0.4, 0.5) is 5.69 Å². The lowest BCUT2D eigenvalue weighted by atomic mass is 10.3. The molecule has 3 rings (SSSR count). The Morgan fingerprint density at radius 3 is 2.58 bits per heavy atom. The fourth-order valence-electron chi connectivity index (χ4n) is 2.10. The van der Waals surface area contributed by atoms with Crippen molar-refractivity contribution in [3.05, 3.63) is 58.5 Å². The Kier molecular flexibility index (Phi) is 6.08. The molecule has 0 atom stereocenters. The maximum absolute atomic E-state index is 12.3. The Labute approximate surface area is 159 Å². The number of benzene rings is 2. The van der Waals surface area contributed by atoms with E-state index in [2.05, 4.69) is 15.5 Å². The van der Waals surface area contributed by atoms with Crippen molar-refractivity contribution in [2.75, 3.05) is 19.5 Å². The van der Waals surface area contributed by atoms with Gasteiger partial charge in [-0.2, -0.15) is 0 Å². The van der Waals surface area contributed by atoms with Gasteiger partial charge in [0, 0.05) is 10.6 Å². The molecule has 0 fully saturated rings. The summed E-state index contributed by atoms with van der Waals surface area (Å²) in [6.45, 7) is 0. The number of carbonyl (C=O) groups is 1. The second-order valence-corrected chi connectivity index (χ2v) is 7.26. The highest BCUT2D eigenvalue weighted by molar-refractivity contribution is 7.98. The van der Waals surface area contributed by atoms with Crippen LogP contribution < -0.4 is 14.8 Å². The molecule has 1 heterocycles. The molecule has 8 heteroatoms. The number of hydrogen-bond acceptors (Lipinski definition) is 7. The molecule has 6 nitrogen and oxygen atoms in total. The van der Waals surface area contributed by atoms with Gasteiger partial charge in [0.1, 0.15) is 16.5 Å². The zero-order chi connectivity index (χ0) is 18.4. The van der Waals surface area contributed by atoms with Crippen LogP contribution in [0.15, 0.2) is 53.4 Å². The summed E-state index contributed by atoms with van der Waals surface area (Å²) in [6, 6.07) is 14.9. The van der Waals surface area contributed by atoms with E-state index >= 15 is 0 Å². The first-order chi connectivity index (χ1) is 12.7. The van der Waals surface area contributed by atoms with Crippen molar-refractivity contribution >= 4 is 34.7 Å². The van der Waals surface area contributed by atoms with Crippen molar-refractivity contribution in [3.63, 3.8) is 0 Å². The van der Waals surface area contributed by atoms with Crippen LogP contribution in [0.25, 0.3) is 0 Å². The van der Waals surface area contributed by atoms with E-state index in [0.29, 0.717) is 16.4 Å². The number of hydrogen-bond donors (Lipinski definition) is 1. The lowest BCUT2D eigenvalue weighted by molar-refractivity contribution is 0.102. The first-order valence-electron chi connectivity index (χ1n) is 7.72. The summed E-state index contributed by atoms with van der Waals surface area (Å²) in [7, 11) is 3.24. The second-order valence-electron chi connectivity index (χ2n) is 5.15. The molecule has 134 valence electrons. The topological polar surface area (TPSA) is 73.3 Å². The van der Waals surface area contributed by atoms with Crippen LogP contribution in [0, 0.1) is 0 Å². The zero-order valence-electron chi connectivity index (χ0n) is 14.3. The first-order valence-corrected chi connectivity index (χ1v) is 9.53. The number of methoxy groups -OCH3 is 2. The van der Waals surface area contributed by atoms with Crippen LogP contribution in [0.3, 0.4) is 0 Å². The quantitative estimate of drug-likeness (QED) is 0.615. The van der Waals surface area contributed by atoms with Gasteiger partial charge >= 0.3 is 0 Å². The average molecular weight is 387 g/mol. The largest absolute Gasteiger partial charge is 0.497 e. The third-order valence-electron chi connectivity index (χ3n) is 3.41. The second kappa shape index (κ2) is 8.68. The van der Waals surface area contributed by atoms with Gasteiger partial charge in [-0.25, -0.2) is 0 Å². The Morgan fingerprint density at radius 1 is 1.08 bits per heavy atom. The van der Waals surface area contributed by atoms with Crippen molar-refractivity contribution in [1.29, 1.82) is 0 Å². The van der Waals surface area contributed by atoms with Crippen molar-refractivity contribution < 1.29 is 14.3 Å². The van der Waals surface area contributed by atoms with Gasteiger partial charge < -0.3 is 14.8 Å². The van der Waals surface area contributed by atoms with E-state index in [9.17, 15) is 4.79 Å². The lowest BCUT2D eigenvalue weighted by Crippen LogP contribution is -2.11. The van der Waals surface area contributed by atoms with Crippen LogP contribution in [0.5, 0.6) is 11.5 Å². The SMILES string of the molecule is COc1ccc(NC(=O)c2nnc(CSc3cccc(OC)c3)s2)cc1. The normalized spacial score (nSPS) is 10.4. The predicted octanol–water partition coefficient (Wildman–Crippen LogP) is 4.10. The molecule has 3 aromatic rings. The molecule has 1 amide bonds. The van der Waals surface area contributed by atoms with E-state index in [0.717, 1.165) is 21.4 Å². The molecule has 1 aromatic heterocycles. The Bertz CT molecular complexity index is 881. The number of thioether (sulfide) groups is 1. The molecule has 0 spiro atoms. The minimum absolute atomic E-state index is 0.273. The van der Waals surface area contributed by atoms with Crippen LogP contribution in [-0.2, 0) is 5.75 Å². The average Bonchev–Trinajstić information content (AvgIpc) is 3.16. The van der Waals surface area contributed by atoms with Gasteiger partial charge in [0.25, 0.3) is 5.91 Å². The monoisotopic (exact) mass is 387 g/mol. The number of anilines is 1. The highest BCUT2D eigenvalue weighted by Crippen LogP contribution is 2.27. The molecule has 2 aromatic carbocycles. The van der Waals surface area contributed by atoms with Crippen LogP contribution in [0.2, 0.25) is 0 Å². The van der Waals surface area contributed by atoms with E-state index in [1.807, 2.05) is 24.3 Å². The molecular weight excluding hydrogens is 370 g/mol. The highest BCUT2D eigenvalue weighted by Gasteiger charge is 2.13. The van der Waals surface area contributed by atoms with E-state index < -0.39 is 0 Å². The Hall–Kier alpha value is -2.58. The fourth-order valence-corrected chi connectivity index (χ4v) is 3.76. The molecule has 1 N–H and O–H groups in total. The fraction of sp³-hybridized carbons (Fsp3) is 0.167. The smallest absolute Gasteiger partial charge is 0.286 e. The summed E-state index contributed by atoms with van der Waals surface area (Å²) in [4.78, 5) is 13.4. The Balaban J connectivity index is 1.58. The summed E-state index contributed by atoms with van der Waals surface area (Å²) in [6.07, 6.45) is 0. The first kappa shape index (κ1) is 18.2. The summed E-state index contributed by atoms with van der Waals surface area (Å²) in [5.74, 6) is 1.91. The minimum atomic E-state index is -0.273. The zero-order valence-corrected chi connectivity index (χ0v) is 15.9. The van der Waals surface area contributed by atoms with E-state index in [1.165, 1.54) is 11.3 Å². The number of nitrogens with zero attached hydrogens (tertiary/aromatic N) is 2. The number of rotatable bonds is 7. The number of amides is 1. The summed E-state index contributed by atoms with van der Waals surface area (Å²) < 4.78 is 10.3. The van der Waals surface area contributed by atoms with E-state index in [4.69, 9.17) is 9.47 Å². The molecule has 26 heavy (non-hydrogen) atoms. The molecule has 0 bridgehead atoms. The van der Waals surface area contributed by atoms with Crippen molar-refractivity contribution in [1.82, 2.24) is 10.2 Å². The third-order valence-corrected chi connectivity index (χ3v) is 5.52. The minimum Gasteiger partial charge on any atom is -0.497 e. The van der Waals surface area contributed by atoms with Crippen molar-refractivity contribution in [2.45, 2.75) is 10.6 Å². The van der Waals surface area contributed by atoms with Crippen molar-refractivity contribution in [2.24, 2.45) is 0 Å². The number of aromatic nitrogens is 2. The molecule has 0 saturated heterocycles. The van der Waals surface area contributed by atoms with Crippen LogP contribution in [0.1, 0.15) is 14.8 Å². The summed E-state index contributed by atoms with van der Waals surface area (Å²) in [5, 5.41) is 12.0. The molecule has 0 aliphatic heterocycles. The van der Waals surface area contributed by atoms with Gasteiger partial charge in [0.05, 0.1) is 20.0 Å². The standard InChI is InChI=1S/C18H17N3O3S2/c1-23-13-8-6-12(7-9-13)19-17(22)18-21-20-16(26-18)11-25-15-5-3-4-14(10-15)24-2/h3-10H,11H2,1-2H3,(H,19,22). The van der Waals surface area contributed by atoms with Crippen molar-refractivity contribution in [3.8, 4) is 11.5 Å². The maximum Gasteiger partial charge on any atom is 0.286 e. The van der Waals surface area contributed by atoms with Gasteiger partial charge in [0.2, 0.25) is 5.01 Å². The predicted molar refractivity (Wildman–Crippen MR) is 103 cm³/mol. The van der Waals surface area contributed by atoms with E-state index in [1.54, 1.807) is 50.2 Å². The summed E-state index contributed by atoms with van der Waals surface area (Å²) >= 11 is 2.90. The molecule has 0 saturated carbocycles. The molecule has 0 aliphatic carbocycles. The molecular formula is C18H17N3O3S2. The number of carbonyl (C=O) groups excluding carboxylic acids is 1. The van der Waals surface area contributed by atoms with Gasteiger partial charge in [-0.3, -0.25) is 4.79 Å². The molecule has 0 unspecified atom stereocenters.